The van der Waals surface area contributed by atoms with Crippen molar-refractivity contribution in [2.75, 3.05) is 26.2 Å². The fourth-order valence-corrected chi connectivity index (χ4v) is 2.71. The summed E-state index contributed by atoms with van der Waals surface area (Å²) in [6.07, 6.45) is 17.3. The van der Waals surface area contributed by atoms with E-state index in [9.17, 15) is 0 Å². The quantitative estimate of drug-likeness (QED) is 0.405. The Labute approximate surface area is 130 Å². The minimum Gasteiger partial charge on any atom is -0.326 e. The van der Waals surface area contributed by atoms with Crippen molar-refractivity contribution in [3.05, 3.63) is 36.5 Å². The lowest BCUT2D eigenvalue weighted by Crippen LogP contribution is -2.33. The number of hydrogen-bond donors (Lipinski definition) is 3. The molecule has 0 atom stereocenters. The molecule has 120 valence electrons. The highest BCUT2D eigenvalue weighted by Crippen LogP contribution is 2.16. The van der Waals surface area contributed by atoms with Crippen molar-refractivity contribution in [1.82, 2.24) is 10.6 Å². The van der Waals surface area contributed by atoms with Crippen LogP contribution in [0.5, 0.6) is 0 Å². The van der Waals surface area contributed by atoms with Crippen molar-refractivity contribution < 1.29 is 0 Å². The number of allylic oxidation sites excluding steroid dienone is 2. The molecule has 0 unspecified atom stereocenters. The summed E-state index contributed by atoms with van der Waals surface area (Å²) in [7, 11) is 0. The lowest BCUT2D eigenvalue weighted by Gasteiger charge is -2.22. The Morgan fingerprint density at radius 2 is 1.95 bits per heavy atom. The standard InChI is InChI=1S/C18H33N3/c1-2-9-17(16-19)10-6-7-13-20-14-8-15-21-18-11-4-3-5-12-18/h2,6,9-10,18,20-21H,1,3-5,7-8,11-16,19H2/b10-6-,17-9+. The van der Waals surface area contributed by atoms with Crippen molar-refractivity contribution in [1.29, 1.82) is 0 Å². The van der Waals surface area contributed by atoms with Gasteiger partial charge in [-0.05, 0) is 50.9 Å². The van der Waals surface area contributed by atoms with E-state index in [-0.39, 0.29) is 0 Å². The van der Waals surface area contributed by atoms with E-state index in [2.05, 4.69) is 29.4 Å². The van der Waals surface area contributed by atoms with Crippen LogP contribution in [0.2, 0.25) is 0 Å². The zero-order valence-electron chi connectivity index (χ0n) is 13.4. The summed E-state index contributed by atoms with van der Waals surface area (Å²) in [6, 6.07) is 0.785. The molecule has 0 aromatic carbocycles. The minimum atomic E-state index is 0.572. The highest BCUT2D eigenvalue weighted by atomic mass is 14.9. The van der Waals surface area contributed by atoms with Gasteiger partial charge in [0, 0.05) is 12.6 Å². The largest absolute Gasteiger partial charge is 0.326 e. The molecule has 1 aliphatic rings. The zero-order chi connectivity index (χ0) is 15.2. The van der Waals surface area contributed by atoms with Gasteiger partial charge in [0.05, 0.1) is 0 Å². The second kappa shape index (κ2) is 12.8. The highest BCUT2D eigenvalue weighted by molar-refractivity contribution is 5.23. The average molecular weight is 291 g/mol. The minimum absolute atomic E-state index is 0.572. The number of hydrogen-bond acceptors (Lipinski definition) is 3. The van der Waals surface area contributed by atoms with Crippen LogP contribution in [0.4, 0.5) is 0 Å². The molecule has 1 saturated carbocycles. The van der Waals surface area contributed by atoms with Gasteiger partial charge in [0.2, 0.25) is 0 Å². The van der Waals surface area contributed by atoms with Crippen LogP contribution in [-0.2, 0) is 0 Å². The van der Waals surface area contributed by atoms with Gasteiger partial charge in [-0.1, -0.05) is 50.1 Å². The fraction of sp³-hybridized carbons (Fsp3) is 0.667. The third-order valence-corrected chi connectivity index (χ3v) is 3.96. The van der Waals surface area contributed by atoms with Crippen LogP contribution in [0.15, 0.2) is 36.5 Å². The maximum absolute atomic E-state index is 5.63. The summed E-state index contributed by atoms with van der Waals surface area (Å²) in [6.45, 7) is 7.53. The van der Waals surface area contributed by atoms with Gasteiger partial charge < -0.3 is 16.4 Å². The first-order valence-electron chi connectivity index (χ1n) is 8.49. The molecule has 1 rings (SSSR count). The van der Waals surface area contributed by atoms with Crippen molar-refractivity contribution in [3.63, 3.8) is 0 Å². The average Bonchev–Trinajstić information content (AvgIpc) is 2.53. The fourth-order valence-electron chi connectivity index (χ4n) is 2.71. The van der Waals surface area contributed by atoms with Crippen LogP contribution >= 0.6 is 0 Å². The second-order valence-corrected chi connectivity index (χ2v) is 5.77. The Morgan fingerprint density at radius 3 is 2.67 bits per heavy atom. The Bertz CT molecular complexity index is 314. The van der Waals surface area contributed by atoms with Crippen molar-refractivity contribution >= 4 is 0 Å². The molecule has 0 aromatic heterocycles. The topological polar surface area (TPSA) is 50.1 Å². The van der Waals surface area contributed by atoms with E-state index in [1.165, 1.54) is 38.5 Å². The third-order valence-electron chi connectivity index (χ3n) is 3.96. The van der Waals surface area contributed by atoms with Crippen molar-refractivity contribution in [2.45, 2.75) is 51.0 Å². The first-order chi connectivity index (χ1) is 10.4. The van der Waals surface area contributed by atoms with E-state index >= 15 is 0 Å². The number of nitrogens with one attached hydrogen (secondary N) is 2. The van der Waals surface area contributed by atoms with E-state index in [1.807, 2.05) is 6.08 Å². The van der Waals surface area contributed by atoms with Crippen LogP contribution in [0.1, 0.15) is 44.9 Å². The molecule has 3 heteroatoms. The third kappa shape index (κ3) is 9.62. The molecule has 3 nitrogen and oxygen atoms in total. The van der Waals surface area contributed by atoms with Gasteiger partial charge in [-0.25, -0.2) is 0 Å². The smallest absolute Gasteiger partial charge is 0.0177 e. The Kier molecular flexibility index (Phi) is 11.1. The molecule has 0 radical (unpaired) electrons. The molecule has 0 amide bonds. The Hall–Kier alpha value is -0.900. The SMILES string of the molecule is C=C/C=C(\C=C/CCNCCCNC1CCCCC1)CN. The van der Waals surface area contributed by atoms with Crippen LogP contribution in [0, 0.1) is 0 Å². The van der Waals surface area contributed by atoms with Gasteiger partial charge in [-0.2, -0.15) is 0 Å². The first-order valence-corrected chi connectivity index (χ1v) is 8.49. The van der Waals surface area contributed by atoms with Crippen molar-refractivity contribution in [2.24, 2.45) is 5.73 Å². The van der Waals surface area contributed by atoms with Crippen LogP contribution in [0.25, 0.3) is 0 Å². The molecule has 4 N–H and O–H groups in total. The number of rotatable bonds is 11. The van der Waals surface area contributed by atoms with Gasteiger partial charge in [-0.3, -0.25) is 0 Å². The lowest BCUT2D eigenvalue weighted by molar-refractivity contribution is 0.371. The van der Waals surface area contributed by atoms with Gasteiger partial charge >= 0.3 is 0 Å². The summed E-state index contributed by atoms with van der Waals surface area (Å²) in [5.41, 5.74) is 6.75. The highest BCUT2D eigenvalue weighted by Gasteiger charge is 2.11. The summed E-state index contributed by atoms with van der Waals surface area (Å²) >= 11 is 0. The van der Waals surface area contributed by atoms with Gasteiger partial charge in [0.1, 0.15) is 0 Å². The molecular formula is C18H33N3. The molecule has 0 spiro atoms. The van der Waals surface area contributed by atoms with E-state index < -0.39 is 0 Å². The molecule has 1 aliphatic carbocycles. The van der Waals surface area contributed by atoms with Crippen LogP contribution < -0.4 is 16.4 Å². The molecular weight excluding hydrogens is 258 g/mol. The van der Waals surface area contributed by atoms with Gasteiger partial charge in [0.15, 0.2) is 0 Å². The zero-order valence-corrected chi connectivity index (χ0v) is 13.4. The lowest BCUT2D eigenvalue weighted by atomic mass is 9.95. The summed E-state index contributed by atoms with van der Waals surface area (Å²) < 4.78 is 0. The second-order valence-electron chi connectivity index (χ2n) is 5.77. The Morgan fingerprint density at radius 1 is 1.14 bits per heavy atom. The van der Waals surface area contributed by atoms with E-state index in [4.69, 9.17) is 5.73 Å². The number of nitrogens with two attached hydrogens (primary N) is 1. The summed E-state index contributed by atoms with van der Waals surface area (Å²) in [5.74, 6) is 0. The van der Waals surface area contributed by atoms with Crippen molar-refractivity contribution in [3.8, 4) is 0 Å². The molecule has 0 bridgehead atoms. The summed E-state index contributed by atoms with van der Waals surface area (Å²) in [4.78, 5) is 0. The van der Waals surface area contributed by atoms with Gasteiger partial charge in [0.25, 0.3) is 0 Å². The van der Waals surface area contributed by atoms with Crippen LogP contribution in [0.3, 0.4) is 0 Å². The van der Waals surface area contributed by atoms with Gasteiger partial charge in [-0.15, -0.1) is 0 Å². The Balaban J connectivity index is 1.91. The predicted octanol–water partition coefficient (Wildman–Crippen LogP) is 2.91. The molecule has 0 saturated heterocycles. The first kappa shape index (κ1) is 18.1. The van der Waals surface area contributed by atoms with E-state index in [0.29, 0.717) is 6.54 Å². The normalized spacial score (nSPS) is 17.5. The van der Waals surface area contributed by atoms with E-state index in [1.54, 1.807) is 6.08 Å². The van der Waals surface area contributed by atoms with E-state index in [0.717, 1.165) is 37.7 Å². The molecule has 0 aromatic rings. The van der Waals surface area contributed by atoms with Crippen LogP contribution in [-0.4, -0.2) is 32.2 Å². The molecule has 21 heavy (non-hydrogen) atoms. The summed E-state index contributed by atoms with van der Waals surface area (Å²) in [5, 5.41) is 7.16. The maximum atomic E-state index is 5.63. The molecule has 1 fully saturated rings. The predicted molar refractivity (Wildman–Crippen MR) is 93.5 cm³/mol. The molecule has 0 aliphatic heterocycles. The molecule has 0 heterocycles. The monoisotopic (exact) mass is 291 g/mol. The maximum Gasteiger partial charge on any atom is 0.0177 e.